The summed E-state index contributed by atoms with van der Waals surface area (Å²) in [7, 11) is 0. The monoisotopic (exact) mass is 369 g/mol. The number of aliphatic carboxylic acids is 1. The molecule has 0 spiro atoms. The summed E-state index contributed by atoms with van der Waals surface area (Å²) in [6.45, 7) is 5.31. The number of non-ortho nitro benzene ring substituents is 1. The molecule has 7 heteroatoms. The first-order valence-electron chi connectivity index (χ1n) is 8.50. The molecule has 0 heterocycles. The first-order chi connectivity index (χ1) is 12.7. The van der Waals surface area contributed by atoms with E-state index in [-0.39, 0.29) is 12.1 Å². The van der Waals surface area contributed by atoms with Gasteiger partial charge in [0, 0.05) is 29.7 Å². The van der Waals surface area contributed by atoms with Gasteiger partial charge >= 0.3 is 0 Å². The fourth-order valence-corrected chi connectivity index (χ4v) is 3.00. The maximum atomic E-state index is 12.7. The summed E-state index contributed by atoms with van der Waals surface area (Å²) in [6, 6.07) is 11.2. The van der Waals surface area contributed by atoms with Crippen LogP contribution in [0.4, 0.5) is 11.4 Å². The maximum absolute atomic E-state index is 12.7. The summed E-state index contributed by atoms with van der Waals surface area (Å²) in [4.78, 5) is 34.3. The maximum Gasteiger partial charge on any atom is 0.269 e. The zero-order valence-electron chi connectivity index (χ0n) is 15.4. The molecular formula is C20H21N2O5-. The number of carboxylic acid groups (broad SMARTS) is 1. The van der Waals surface area contributed by atoms with Gasteiger partial charge in [-0.15, -0.1) is 0 Å². The molecule has 0 unspecified atom stereocenters. The number of nitro groups is 1. The summed E-state index contributed by atoms with van der Waals surface area (Å²) < 4.78 is 0. The Kier molecular flexibility index (Phi) is 6.28. The lowest BCUT2D eigenvalue weighted by Gasteiger charge is -2.24. The van der Waals surface area contributed by atoms with Gasteiger partial charge in [-0.3, -0.25) is 14.9 Å². The number of hydrogen-bond donors (Lipinski definition) is 1. The number of anilines is 1. The fraction of sp³-hybridized carbons (Fsp3) is 0.300. The molecule has 0 aliphatic rings. The lowest BCUT2D eigenvalue weighted by atomic mass is 9.86. The van der Waals surface area contributed by atoms with Crippen molar-refractivity contribution in [1.29, 1.82) is 0 Å². The number of carbonyl (C=O) groups excluding carboxylic acids is 2. The van der Waals surface area contributed by atoms with E-state index in [1.54, 1.807) is 0 Å². The second kappa shape index (κ2) is 8.44. The SMILES string of the molecule is Cc1cc(C)cc(C[C@@H](C(=O)Nc2ccc([N+](=O)[O-])cc2)[C@@H](C)C(=O)[O-])c1. The molecule has 0 fully saturated rings. The Balaban J connectivity index is 2.23. The molecule has 0 saturated carbocycles. The van der Waals surface area contributed by atoms with Gasteiger partial charge in [0.25, 0.3) is 5.69 Å². The first kappa shape index (κ1) is 20.1. The lowest BCUT2D eigenvalue weighted by molar-refractivity contribution is -0.384. The molecule has 0 aliphatic heterocycles. The van der Waals surface area contributed by atoms with Gasteiger partial charge in [-0.1, -0.05) is 36.2 Å². The molecule has 2 aromatic rings. The highest BCUT2D eigenvalue weighted by Gasteiger charge is 2.27. The van der Waals surface area contributed by atoms with Crippen molar-refractivity contribution < 1.29 is 19.6 Å². The number of hydrogen-bond acceptors (Lipinski definition) is 5. The van der Waals surface area contributed by atoms with Crippen LogP contribution in [0.5, 0.6) is 0 Å². The Labute approximate surface area is 157 Å². The topological polar surface area (TPSA) is 112 Å². The molecule has 0 saturated heterocycles. The second-order valence-electron chi connectivity index (χ2n) is 6.71. The molecule has 27 heavy (non-hydrogen) atoms. The van der Waals surface area contributed by atoms with Crippen LogP contribution in [0.3, 0.4) is 0 Å². The third-order valence-corrected chi connectivity index (χ3v) is 4.39. The number of benzene rings is 2. The minimum Gasteiger partial charge on any atom is -0.550 e. The third-order valence-electron chi connectivity index (χ3n) is 4.39. The van der Waals surface area contributed by atoms with Crippen LogP contribution >= 0.6 is 0 Å². The molecular weight excluding hydrogens is 348 g/mol. The molecule has 0 bridgehead atoms. The summed E-state index contributed by atoms with van der Waals surface area (Å²) in [5.41, 5.74) is 3.19. The second-order valence-corrected chi connectivity index (χ2v) is 6.71. The van der Waals surface area contributed by atoms with Crippen molar-refractivity contribution in [3.05, 3.63) is 69.3 Å². The van der Waals surface area contributed by atoms with Crippen molar-refractivity contribution in [2.24, 2.45) is 11.8 Å². The molecule has 142 valence electrons. The average molecular weight is 369 g/mol. The van der Waals surface area contributed by atoms with Gasteiger partial charge in [0.1, 0.15) is 0 Å². The Bertz CT molecular complexity index is 841. The molecule has 2 atom stereocenters. The molecule has 0 radical (unpaired) electrons. The molecule has 0 aliphatic carbocycles. The predicted molar refractivity (Wildman–Crippen MR) is 99.0 cm³/mol. The minimum atomic E-state index is -1.30. The van der Waals surface area contributed by atoms with Crippen LogP contribution in [0.25, 0.3) is 0 Å². The largest absolute Gasteiger partial charge is 0.550 e. The summed E-state index contributed by atoms with van der Waals surface area (Å²) in [6.07, 6.45) is 0.247. The van der Waals surface area contributed by atoms with E-state index in [2.05, 4.69) is 5.32 Å². The number of nitro benzene ring substituents is 1. The van der Waals surface area contributed by atoms with Crippen molar-refractivity contribution in [3.8, 4) is 0 Å². The Morgan fingerprint density at radius 1 is 1.07 bits per heavy atom. The van der Waals surface area contributed by atoms with Gasteiger partial charge in [-0.05, 0) is 38.0 Å². The zero-order chi connectivity index (χ0) is 20.1. The lowest BCUT2D eigenvalue weighted by Crippen LogP contribution is -2.40. The van der Waals surface area contributed by atoms with Crippen molar-refractivity contribution >= 4 is 23.3 Å². The molecule has 2 aromatic carbocycles. The van der Waals surface area contributed by atoms with Gasteiger partial charge in [0.05, 0.1) is 10.8 Å². The van der Waals surface area contributed by atoms with E-state index in [1.807, 2.05) is 32.0 Å². The Morgan fingerprint density at radius 3 is 2.11 bits per heavy atom. The van der Waals surface area contributed by atoms with Crippen LogP contribution in [0.1, 0.15) is 23.6 Å². The summed E-state index contributed by atoms with van der Waals surface area (Å²) in [5.74, 6) is -3.61. The Hall–Kier alpha value is -3.22. The van der Waals surface area contributed by atoms with Crippen LogP contribution in [0.15, 0.2) is 42.5 Å². The van der Waals surface area contributed by atoms with E-state index < -0.39 is 28.6 Å². The highest BCUT2D eigenvalue weighted by Crippen LogP contribution is 2.23. The first-order valence-corrected chi connectivity index (χ1v) is 8.50. The molecule has 0 aromatic heterocycles. The van der Waals surface area contributed by atoms with Crippen LogP contribution in [-0.4, -0.2) is 16.8 Å². The van der Waals surface area contributed by atoms with E-state index >= 15 is 0 Å². The average Bonchev–Trinajstić information content (AvgIpc) is 2.58. The minimum absolute atomic E-state index is 0.0945. The quantitative estimate of drug-likeness (QED) is 0.595. The molecule has 1 amide bonds. The normalized spacial score (nSPS) is 12.9. The fourth-order valence-electron chi connectivity index (χ4n) is 3.00. The predicted octanol–water partition coefficient (Wildman–Crippen LogP) is 2.40. The van der Waals surface area contributed by atoms with E-state index in [0.29, 0.717) is 5.69 Å². The van der Waals surface area contributed by atoms with Crippen molar-refractivity contribution in [2.75, 3.05) is 5.32 Å². The van der Waals surface area contributed by atoms with E-state index in [4.69, 9.17) is 0 Å². The van der Waals surface area contributed by atoms with Gasteiger partial charge in [0.15, 0.2) is 0 Å². The highest BCUT2D eigenvalue weighted by atomic mass is 16.6. The summed E-state index contributed by atoms with van der Waals surface area (Å²) in [5, 5.41) is 24.7. The van der Waals surface area contributed by atoms with E-state index in [0.717, 1.165) is 16.7 Å². The number of nitrogens with zero attached hydrogens (tertiary/aromatic N) is 1. The van der Waals surface area contributed by atoms with Crippen LogP contribution < -0.4 is 10.4 Å². The number of nitrogens with one attached hydrogen (secondary N) is 1. The third kappa shape index (κ3) is 5.37. The van der Waals surface area contributed by atoms with Gasteiger partial charge in [-0.25, -0.2) is 0 Å². The molecule has 7 nitrogen and oxygen atoms in total. The summed E-state index contributed by atoms with van der Waals surface area (Å²) >= 11 is 0. The standard InChI is InChI=1S/C20H22N2O5/c1-12-8-13(2)10-15(9-12)11-18(14(3)20(24)25)19(23)21-16-4-6-17(7-5-16)22(26)27/h4-10,14,18H,11H2,1-3H3,(H,21,23)(H,24,25)/p-1/t14-,18-/m1/s1. The molecule has 2 rings (SSSR count). The number of amides is 1. The van der Waals surface area contributed by atoms with E-state index in [9.17, 15) is 24.8 Å². The van der Waals surface area contributed by atoms with Gasteiger partial charge < -0.3 is 15.2 Å². The van der Waals surface area contributed by atoms with Crippen molar-refractivity contribution in [1.82, 2.24) is 0 Å². The zero-order valence-corrected chi connectivity index (χ0v) is 15.4. The van der Waals surface area contributed by atoms with Gasteiger partial charge in [0.2, 0.25) is 5.91 Å². The van der Waals surface area contributed by atoms with Crippen LogP contribution in [0.2, 0.25) is 0 Å². The van der Waals surface area contributed by atoms with Crippen LogP contribution in [0, 0.1) is 35.8 Å². The van der Waals surface area contributed by atoms with Gasteiger partial charge in [-0.2, -0.15) is 0 Å². The number of carbonyl (C=O) groups is 2. The number of rotatable bonds is 7. The van der Waals surface area contributed by atoms with E-state index in [1.165, 1.54) is 31.2 Å². The number of carboxylic acids is 1. The number of aryl methyl sites for hydroxylation is 2. The van der Waals surface area contributed by atoms with Crippen molar-refractivity contribution in [3.63, 3.8) is 0 Å². The highest BCUT2D eigenvalue weighted by molar-refractivity contribution is 5.95. The van der Waals surface area contributed by atoms with Crippen molar-refractivity contribution in [2.45, 2.75) is 27.2 Å². The smallest absolute Gasteiger partial charge is 0.269 e. The Morgan fingerprint density at radius 2 is 1.63 bits per heavy atom. The molecule has 1 N–H and O–H groups in total. The van der Waals surface area contributed by atoms with Crippen LogP contribution in [-0.2, 0) is 16.0 Å².